The number of carbonyl (C=O) groups excluding carboxylic acids is 1. The van der Waals surface area contributed by atoms with Crippen LogP contribution in [-0.4, -0.2) is 15.9 Å². The Hall–Kier alpha value is -1.94. The lowest BCUT2D eigenvalue weighted by Gasteiger charge is -2.21. The number of nitrogens with one attached hydrogen (secondary N) is 1. The summed E-state index contributed by atoms with van der Waals surface area (Å²) in [7, 11) is 0. The van der Waals surface area contributed by atoms with Gasteiger partial charge in [0.1, 0.15) is 6.33 Å². The molecular weight excluding hydrogens is 310 g/mol. The molecule has 0 atom stereocenters. The van der Waals surface area contributed by atoms with Gasteiger partial charge in [-0.15, -0.1) is 0 Å². The van der Waals surface area contributed by atoms with Gasteiger partial charge in [-0.2, -0.15) is 0 Å². The minimum absolute atomic E-state index is 0.0173. The average Bonchev–Trinajstić information content (AvgIpc) is 2.52. The molecule has 1 heterocycles. The lowest BCUT2D eigenvalue weighted by molar-refractivity contribution is -0.121. The molecule has 2 rings (SSSR count). The van der Waals surface area contributed by atoms with E-state index in [0.29, 0.717) is 24.4 Å². The Balaban J connectivity index is 1.89. The minimum atomic E-state index is -0.0771. The summed E-state index contributed by atoms with van der Waals surface area (Å²) >= 11 is 5.85. The molecular formula is C18H22ClN3O. The molecule has 2 aromatic rings. The summed E-state index contributed by atoms with van der Waals surface area (Å²) in [6.07, 6.45) is 4.46. The first kappa shape index (κ1) is 17.4. The highest BCUT2D eigenvalue weighted by Crippen LogP contribution is 2.22. The molecule has 0 bridgehead atoms. The molecule has 1 amide bonds. The lowest BCUT2D eigenvalue weighted by atomic mass is 9.89. The molecule has 1 aromatic carbocycles. The molecule has 122 valence electrons. The minimum Gasteiger partial charge on any atom is -0.352 e. The van der Waals surface area contributed by atoms with Gasteiger partial charge in [-0.05, 0) is 24.1 Å². The van der Waals surface area contributed by atoms with Crippen molar-refractivity contribution in [3.05, 3.63) is 58.6 Å². The van der Waals surface area contributed by atoms with E-state index in [4.69, 9.17) is 11.6 Å². The highest BCUT2D eigenvalue weighted by molar-refractivity contribution is 6.30. The number of carbonyl (C=O) groups is 1. The van der Waals surface area contributed by atoms with Crippen molar-refractivity contribution in [3.8, 4) is 0 Å². The summed E-state index contributed by atoms with van der Waals surface area (Å²) in [5.74, 6) is 0.0173. The van der Waals surface area contributed by atoms with Crippen LogP contribution in [0.2, 0.25) is 5.02 Å². The maximum absolute atomic E-state index is 12.0. The molecule has 1 aromatic heterocycles. The normalized spacial score (nSPS) is 11.3. The molecule has 0 unspecified atom stereocenters. The summed E-state index contributed by atoms with van der Waals surface area (Å²) in [6, 6.07) is 7.56. The predicted octanol–water partition coefficient (Wildman–Crippen LogP) is 3.68. The molecule has 0 radical (unpaired) electrons. The summed E-state index contributed by atoms with van der Waals surface area (Å²) in [5.41, 5.74) is 2.94. The van der Waals surface area contributed by atoms with E-state index < -0.39 is 0 Å². The highest BCUT2D eigenvalue weighted by atomic mass is 35.5. The molecule has 0 saturated heterocycles. The van der Waals surface area contributed by atoms with Gasteiger partial charge >= 0.3 is 0 Å². The van der Waals surface area contributed by atoms with Gasteiger partial charge < -0.3 is 5.32 Å². The van der Waals surface area contributed by atoms with Crippen LogP contribution < -0.4 is 5.32 Å². The van der Waals surface area contributed by atoms with Gasteiger partial charge in [0.2, 0.25) is 5.91 Å². The Morgan fingerprint density at radius 2 is 1.91 bits per heavy atom. The van der Waals surface area contributed by atoms with E-state index in [1.807, 2.05) is 24.3 Å². The molecule has 0 saturated carbocycles. The molecule has 5 heteroatoms. The number of hydrogen-bond acceptors (Lipinski definition) is 3. The molecule has 0 aliphatic carbocycles. The third-order valence-corrected chi connectivity index (χ3v) is 3.78. The van der Waals surface area contributed by atoms with Gasteiger partial charge in [0.05, 0.1) is 5.69 Å². The largest absolute Gasteiger partial charge is 0.352 e. The maximum Gasteiger partial charge on any atom is 0.220 e. The topological polar surface area (TPSA) is 54.9 Å². The highest BCUT2D eigenvalue weighted by Gasteiger charge is 2.19. The smallest absolute Gasteiger partial charge is 0.220 e. The average molecular weight is 332 g/mol. The zero-order valence-electron chi connectivity index (χ0n) is 13.8. The number of benzene rings is 1. The Morgan fingerprint density at radius 1 is 1.22 bits per heavy atom. The van der Waals surface area contributed by atoms with E-state index in [9.17, 15) is 4.79 Å². The Labute approximate surface area is 142 Å². The number of nitrogens with zero attached hydrogens (tertiary/aromatic N) is 2. The standard InChI is InChI=1S/C18H22ClN3O/c1-18(2,3)17-14(10-20-12-22-17)11-21-16(23)9-6-13-4-7-15(19)8-5-13/h4-5,7-8,10,12H,6,9,11H2,1-3H3,(H,21,23). The van der Waals surface area contributed by atoms with Crippen LogP contribution in [-0.2, 0) is 23.2 Å². The van der Waals surface area contributed by atoms with E-state index in [-0.39, 0.29) is 11.3 Å². The third kappa shape index (κ3) is 5.32. The number of hydrogen-bond donors (Lipinski definition) is 1. The van der Waals surface area contributed by atoms with Crippen molar-refractivity contribution in [1.29, 1.82) is 0 Å². The summed E-state index contributed by atoms with van der Waals surface area (Å²) in [5, 5.41) is 3.65. The van der Waals surface area contributed by atoms with E-state index in [1.54, 1.807) is 12.5 Å². The molecule has 0 spiro atoms. The van der Waals surface area contributed by atoms with Crippen LogP contribution in [0.5, 0.6) is 0 Å². The van der Waals surface area contributed by atoms with Gasteiger partial charge in [-0.3, -0.25) is 4.79 Å². The zero-order chi connectivity index (χ0) is 16.9. The number of aromatic nitrogens is 2. The first-order valence-electron chi connectivity index (χ1n) is 7.67. The predicted molar refractivity (Wildman–Crippen MR) is 92.4 cm³/mol. The molecule has 0 fully saturated rings. The second kappa shape index (κ2) is 7.55. The number of aryl methyl sites for hydroxylation is 1. The molecule has 0 aliphatic heterocycles. The lowest BCUT2D eigenvalue weighted by Crippen LogP contribution is -2.26. The first-order valence-corrected chi connectivity index (χ1v) is 8.04. The number of amides is 1. The van der Waals surface area contributed by atoms with Crippen molar-refractivity contribution < 1.29 is 4.79 Å². The number of halogens is 1. The summed E-state index contributed by atoms with van der Waals surface area (Å²) in [4.78, 5) is 20.5. The third-order valence-electron chi connectivity index (χ3n) is 3.53. The van der Waals surface area contributed by atoms with Crippen molar-refractivity contribution in [3.63, 3.8) is 0 Å². The van der Waals surface area contributed by atoms with Gasteiger partial charge in [0.15, 0.2) is 0 Å². The van der Waals surface area contributed by atoms with Crippen LogP contribution in [0.3, 0.4) is 0 Å². The van der Waals surface area contributed by atoms with Crippen molar-refractivity contribution in [2.45, 2.75) is 45.6 Å². The summed E-state index contributed by atoms with van der Waals surface area (Å²) < 4.78 is 0. The van der Waals surface area contributed by atoms with Gasteiger partial charge in [-0.25, -0.2) is 9.97 Å². The van der Waals surface area contributed by atoms with E-state index in [2.05, 4.69) is 36.1 Å². The van der Waals surface area contributed by atoms with Gasteiger partial charge in [0.25, 0.3) is 0 Å². The van der Waals surface area contributed by atoms with Crippen molar-refractivity contribution in [2.24, 2.45) is 0 Å². The van der Waals surface area contributed by atoms with Gasteiger partial charge in [0, 0.05) is 35.2 Å². The Bertz CT molecular complexity index is 663. The van der Waals surface area contributed by atoms with Crippen LogP contribution in [0.15, 0.2) is 36.8 Å². The van der Waals surface area contributed by atoms with E-state index in [0.717, 1.165) is 16.8 Å². The monoisotopic (exact) mass is 331 g/mol. The first-order chi connectivity index (χ1) is 10.9. The maximum atomic E-state index is 12.0. The fourth-order valence-electron chi connectivity index (χ4n) is 2.35. The van der Waals surface area contributed by atoms with Crippen LogP contribution in [0, 0.1) is 0 Å². The van der Waals surface area contributed by atoms with Crippen LogP contribution in [0.25, 0.3) is 0 Å². The SMILES string of the molecule is CC(C)(C)c1ncncc1CNC(=O)CCc1ccc(Cl)cc1. The Morgan fingerprint density at radius 3 is 2.57 bits per heavy atom. The quantitative estimate of drug-likeness (QED) is 0.909. The van der Waals surface area contributed by atoms with Crippen molar-refractivity contribution in [1.82, 2.24) is 15.3 Å². The molecule has 1 N–H and O–H groups in total. The fourth-order valence-corrected chi connectivity index (χ4v) is 2.48. The Kier molecular flexibility index (Phi) is 5.72. The molecule has 4 nitrogen and oxygen atoms in total. The van der Waals surface area contributed by atoms with Crippen LogP contribution in [0.1, 0.15) is 44.0 Å². The van der Waals surface area contributed by atoms with Crippen LogP contribution >= 0.6 is 11.6 Å². The second-order valence-corrected chi connectivity index (χ2v) is 6.99. The number of rotatable bonds is 5. The van der Waals surface area contributed by atoms with E-state index >= 15 is 0 Å². The fraction of sp³-hybridized carbons (Fsp3) is 0.389. The van der Waals surface area contributed by atoms with Gasteiger partial charge in [-0.1, -0.05) is 44.5 Å². The molecule has 23 heavy (non-hydrogen) atoms. The zero-order valence-corrected chi connectivity index (χ0v) is 14.5. The molecule has 0 aliphatic rings. The van der Waals surface area contributed by atoms with E-state index in [1.165, 1.54) is 0 Å². The second-order valence-electron chi connectivity index (χ2n) is 6.55. The summed E-state index contributed by atoms with van der Waals surface area (Å²) in [6.45, 7) is 6.75. The van der Waals surface area contributed by atoms with Crippen LogP contribution in [0.4, 0.5) is 0 Å². The van der Waals surface area contributed by atoms with Crippen molar-refractivity contribution in [2.75, 3.05) is 0 Å². The van der Waals surface area contributed by atoms with Crippen molar-refractivity contribution >= 4 is 17.5 Å².